The second kappa shape index (κ2) is 6.05. The van der Waals surface area contributed by atoms with Gasteiger partial charge in [-0.2, -0.15) is 0 Å². The Morgan fingerprint density at radius 3 is 2.47 bits per heavy atom. The van der Waals surface area contributed by atoms with Gasteiger partial charge in [-0.1, -0.05) is 30.3 Å². The monoisotopic (exact) mass is 255 g/mol. The molecule has 0 aliphatic carbocycles. The average molecular weight is 255 g/mol. The van der Waals surface area contributed by atoms with Gasteiger partial charge in [-0.05, 0) is 36.8 Å². The Labute approximate surface area is 113 Å². The summed E-state index contributed by atoms with van der Waals surface area (Å²) in [5.74, 6) is -0.885. The molecule has 0 aromatic heterocycles. The Morgan fingerprint density at radius 2 is 1.84 bits per heavy atom. The van der Waals surface area contributed by atoms with Gasteiger partial charge in [0.05, 0.1) is 5.56 Å². The van der Waals surface area contributed by atoms with Crippen molar-refractivity contribution in [3.63, 3.8) is 0 Å². The Hall–Kier alpha value is -2.29. The van der Waals surface area contributed by atoms with Gasteiger partial charge in [0, 0.05) is 18.8 Å². The van der Waals surface area contributed by atoms with Crippen LogP contribution in [-0.2, 0) is 6.54 Å². The first-order chi connectivity index (χ1) is 9.20. The number of aromatic carboxylic acids is 1. The first-order valence-corrected chi connectivity index (χ1v) is 6.33. The lowest BCUT2D eigenvalue weighted by Crippen LogP contribution is -2.22. The largest absolute Gasteiger partial charge is 0.478 e. The second-order valence-corrected chi connectivity index (χ2v) is 4.36. The van der Waals surface area contributed by atoms with E-state index in [1.165, 1.54) is 0 Å². The molecule has 0 fully saturated rings. The average Bonchev–Trinajstić information content (AvgIpc) is 2.46. The van der Waals surface area contributed by atoms with Gasteiger partial charge in [-0.15, -0.1) is 0 Å². The number of carboxylic acids is 1. The SMILES string of the molecule is CCN(Cc1cccc(C(=O)O)c1)c1ccccc1. The van der Waals surface area contributed by atoms with Crippen molar-refractivity contribution in [3.05, 3.63) is 65.7 Å². The summed E-state index contributed by atoms with van der Waals surface area (Å²) in [5, 5.41) is 9.00. The van der Waals surface area contributed by atoms with E-state index in [0.29, 0.717) is 12.1 Å². The molecule has 0 radical (unpaired) electrons. The minimum absolute atomic E-state index is 0.335. The number of hydrogen-bond acceptors (Lipinski definition) is 2. The van der Waals surface area contributed by atoms with E-state index in [2.05, 4.69) is 24.0 Å². The van der Waals surface area contributed by atoms with E-state index in [1.807, 2.05) is 24.3 Å². The van der Waals surface area contributed by atoms with Crippen LogP contribution >= 0.6 is 0 Å². The third kappa shape index (κ3) is 3.35. The molecule has 98 valence electrons. The maximum absolute atomic E-state index is 11.0. The molecule has 0 bridgehead atoms. The highest BCUT2D eigenvalue weighted by Gasteiger charge is 2.07. The zero-order valence-corrected chi connectivity index (χ0v) is 10.9. The smallest absolute Gasteiger partial charge is 0.335 e. The topological polar surface area (TPSA) is 40.5 Å². The van der Waals surface area contributed by atoms with Gasteiger partial charge in [-0.25, -0.2) is 4.79 Å². The normalized spacial score (nSPS) is 10.2. The molecular formula is C16H17NO2. The fourth-order valence-corrected chi connectivity index (χ4v) is 2.05. The summed E-state index contributed by atoms with van der Waals surface area (Å²) in [6.07, 6.45) is 0. The summed E-state index contributed by atoms with van der Waals surface area (Å²) in [4.78, 5) is 13.2. The van der Waals surface area contributed by atoms with Gasteiger partial charge in [0.2, 0.25) is 0 Å². The molecule has 0 aliphatic heterocycles. The molecule has 2 rings (SSSR count). The number of para-hydroxylation sites is 1. The highest BCUT2D eigenvalue weighted by molar-refractivity contribution is 5.87. The van der Waals surface area contributed by atoms with Crippen molar-refractivity contribution < 1.29 is 9.90 Å². The van der Waals surface area contributed by atoms with Gasteiger partial charge >= 0.3 is 5.97 Å². The molecule has 0 saturated carbocycles. The summed E-state index contributed by atoms with van der Waals surface area (Å²) in [7, 11) is 0. The molecule has 3 nitrogen and oxygen atoms in total. The first-order valence-electron chi connectivity index (χ1n) is 6.33. The van der Waals surface area contributed by atoms with Crippen LogP contribution in [0.1, 0.15) is 22.8 Å². The molecule has 3 heteroatoms. The Bertz CT molecular complexity index is 552. The lowest BCUT2D eigenvalue weighted by atomic mass is 10.1. The number of benzene rings is 2. The molecular weight excluding hydrogens is 238 g/mol. The van der Waals surface area contributed by atoms with Crippen LogP contribution in [0.4, 0.5) is 5.69 Å². The van der Waals surface area contributed by atoms with Crippen LogP contribution in [0.5, 0.6) is 0 Å². The number of carboxylic acid groups (broad SMARTS) is 1. The van der Waals surface area contributed by atoms with Crippen LogP contribution < -0.4 is 4.90 Å². The van der Waals surface area contributed by atoms with Crippen LogP contribution in [0.2, 0.25) is 0 Å². The van der Waals surface area contributed by atoms with Crippen molar-refractivity contribution in [1.29, 1.82) is 0 Å². The predicted octanol–water partition coefficient (Wildman–Crippen LogP) is 3.41. The van der Waals surface area contributed by atoms with Crippen LogP contribution in [0.15, 0.2) is 54.6 Å². The van der Waals surface area contributed by atoms with Crippen molar-refractivity contribution in [3.8, 4) is 0 Å². The molecule has 0 aliphatic rings. The maximum Gasteiger partial charge on any atom is 0.335 e. The minimum Gasteiger partial charge on any atom is -0.478 e. The molecule has 0 heterocycles. The third-order valence-electron chi connectivity index (χ3n) is 3.05. The van der Waals surface area contributed by atoms with Gasteiger partial charge in [0.15, 0.2) is 0 Å². The molecule has 2 aromatic carbocycles. The second-order valence-electron chi connectivity index (χ2n) is 4.36. The van der Waals surface area contributed by atoms with Crippen LogP contribution in [0, 0.1) is 0 Å². The molecule has 1 N–H and O–H groups in total. The number of rotatable bonds is 5. The van der Waals surface area contributed by atoms with Crippen LogP contribution in [0.3, 0.4) is 0 Å². The van der Waals surface area contributed by atoms with E-state index in [4.69, 9.17) is 5.11 Å². The molecule has 19 heavy (non-hydrogen) atoms. The van der Waals surface area contributed by atoms with Crippen LogP contribution in [-0.4, -0.2) is 17.6 Å². The molecule has 0 unspecified atom stereocenters. The van der Waals surface area contributed by atoms with E-state index >= 15 is 0 Å². The minimum atomic E-state index is -0.885. The van der Waals surface area contributed by atoms with Crippen molar-refractivity contribution in [1.82, 2.24) is 0 Å². The van der Waals surface area contributed by atoms with Gasteiger partial charge in [-0.3, -0.25) is 0 Å². The predicted molar refractivity (Wildman–Crippen MR) is 76.6 cm³/mol. The summed E-state index contributed by atoms with van der Waals surface area (Å²) in [6, 6.07) is 17.2. The Morgan fingerprint density at radius 1 is 1.11 bits per heavy atom. The van der Waals surface area contributed by atoms with E-state index in [9.17, 15) is 4.79 Å². The highest BCUT2D eigenvalue weighted by atomic mass is 16.4. The van der Waals surface area contributed by atoms with Gasteiger partial charge in [0.25, 0.3) is 0 Å². The highest BCUT2D eigenvalue weighted by Crippen LogP contribution is 2.17. The molecule has 0 saturated heterocycles. The molecule has 0 atom stereocenters. The zero-order valence-electron chi connectivity index (χ0n) is 10.9. The van der Waals surface area contributed by atoms with E-state index < -0.39 is 5.97 Å². The number of hydrogen-bond donors (Lipinski definition) is 1. The fourth-order valence-electron chi connectivity index (χ4n) is 2.05. The Balaban J connectivity index is 2.19. The molecule has 0 amide bonds. The van der Waals surface area contributed by atoms with E-state index in [-0.39, 0.29) is 0 Å². The maximum atomic E-state index is 11.0. The lowest BCUT2D eigenvalue weighted by Gasteiger charge is -2.23. The standard InChI is InChI=1S/C16H17NO2/c1-2-17(15-9-4-3-5-10-15)12-13-7-6-8-14(11-13)16(18)19/h3-11H,2,12H2,1H3,(H,18,19). The van der Waals surface area contributed by atoms with Gasteiger partial charge in [0.1, 0.15) is 0 Å². The van der Waals surface area contributed by atoms with Crippen molar-refractivity contribution in [2.24, 2.45) is 0 Å². The summed E-state index contributed by atoms with van der Waals surface area (Å²) in [6.45, 7) is 3.68. The zero-order chi connectivity index (χ0) is 13.7. The summed E-state index contributed by atoms with van der Waals surface area (Å²) in [5.41, 5.74) is 2.48. The van der Waals surface area contributed by atoms with Crippen molar-refractivity contribution in [2.45, 2.75) is 13.5 Å². The van der Waals surface area contributed by atoms with E-state index in [1.54, 1.807) is 18.2 Å². The Kier molecular flexibility index (Phi) is 4.18. The van der Waals surface area contributed by atoms with Gasteiger partial charge < -0.3 is 10.0 Å². The van der Waals surface area contributed by atoms with Crippen molar-refractivity contribution >= 4 is 11.7 Å². The molecule has 0 spiro atoms. The number of anilines is 1. The molecule has 2 aromatic rings. The van der Waals surface area contributed by atoms with E-state index in [0.717, 1.165) is 17.8 Å². The fraction of sp³-hybridized carbons (Fsp3) is 0.188. The number of carbonyl (C=O) groups is 1. The number of nitrogens with zero attached hydrogens (tertiary/aromatic N) is 1. The van der Waals surface area contributed by atoms with Crippen molar-refractivity contribution in [2.75, 3.05) is 11.4 Å². The lowest BCUT2D eigenvalue weighted by molar-refractivity contribution is 0.0697. The van der Waals surface area contributed by atoms with Crippen LogP contribution in [0.25, 0.3) is 0 Å². The third-order valence-corrected chi connectivity index (χ3v) is 3.05. The first kappa shape index (κ1) is 13.1. The summed E-state index contributed by atoms with van der Waals surface area (Å²) >= 11 is 0. The quantitative estimate of drug-likeness (QED) is 0.890. The summed E-state index contributed by atoms with van der Waals surface area (Å²) < 4.78 is 0.